The van der Waals surface area contributed by atoms with E-state index in [1.54, 1.807) is 16.7 Å². The van der Waals surface area contributed by atoms with Gasteiger partial charge >= 0.3 is 5.97 Å². The summed E-state index contributed by atoms with van der Waals surface area (Å²) < 4.78 is 0. The van der Waals surface area contributed by atoms with E-state index in [4.69, 9.17) is 0 Å². The molecule has 0 spiro atoms. The summed E-state index contributed by atoms with van der Waals surface area (Å²) >= 11 is 1.72. The van der Waals surface area contributed by atoms with E-state index in [1.807, 2.05) is 6.92 Å². The minimum atomic E-state index is -1.13. The number of rotatable bonds is 5. The van der Waals surface area contributed by atoms with Gasteiger partial charge in [0.15, 0.2) is 0 Å². The zero-order valence-corrected chi connectivity index (χ0v) is 14.5. The molecule has 2 N–H and O–H groups in total. The molecule has 2 fully saturated rings. The lowest BCUT2D eigenvalue weighted by molar-refractivity contribution is -0.149. The van der Waals surface area contributed by atoms with Crippen LogP contribution in [0.4, 0.5) is 0 Å². The fourth-order valence-electron chi connectivity index (χ4n) is 3.24. The molecule has 6 nitrogen and oxygen atoms in total. The highest BCUT2D eigenvalue weighted by Gasteiger charge is 2.43. The normalized spacial score (nSPS) is 24.0. The van der Waals surface area contributed by atoms with Crippen LogP contribution in [0, 0.1) is 5.92 Å². The molecule has 0 saturated carbocycles. The maximum atomic E-state index is 12.6. The third-order valence-electron chi connectivity index (χ3n) is 4.73. The molecule has 0 aromatic carbocycles. The average molecular weight is 342 g/mol. The first-order chi connectivity index (χ1) is 11.0. The second kappa shape index (κ2) is 8.04. The van der Waals surface area contributed by atoms with Crippen molar-refractivity contribution in [1.29, 1.82) is 0 Å². The Morgan fingerprint density at radius 1 is 1.30 bits per heavy atom. The standard InChI is InChI=1S/C16H26N2O4S/c1-2-4-13(19)18-8-3-5-12(11-18)14(20)17-16(15(21)22)6-9-23-10-7-16/h12H,2-11H2,1H3,(H,17,20)(H,21,22). The Kier molecular flexibility index (Phi) is 6.33. The van der Waals surface area contributed by atoms with Crippen molar-refractivity contribution in [2.24, 2.45) is 5.92 Å². The Labute approximate surface area is 141 Å². The number of likely N-dealkylation sites (tertiary alicyclic amines) is 1. The van der Waals surface area contributed by atoms with Crippen molar-refractivity contribution in [2.45, 2.75) is 51.0 Å². The number of hydrogen-bond donors (Lipinski definition) is 2. The number of nitrogens with one attached hydrogen (secondary N) is 1. The fourth-order valence-corrected chi connectivity index (χ4v) is 4.43. The van der Waals surface area contributed by atoms with Crippen molar-refractivity contribution in [3.05, 3.63) is 0 Å². The highest BCUT2D eigenvalue weighted by atomic mass is 32.2. The number of piperidine rings is 1. The highest BCUT2D eigenvalue weighted by Crippen LogP contribution is 2.28. The van der Waals surface area contributed by atoms with Crippen LogP contribution in [0.3, 0.4) is 0 Å². The van der Waals surface area contributed by atoms with Gasteiger partial charge in [-0.05, 0) is 43.6 Å². The largest absolute Gasteiger partial charge is 0.480 e. The summed E-state index contributed by atoms with van der Waals surface area (Å²) in [5.41, 5.74) is -1.13. The summed E-state index contributed by atoms with van der Waals surface area (Å²) in [4.78, 5) is 38.0. The van der Waals surface area contributed by atoms with E-state index >= 15 is 0 Å². The Bertz CT molecular complexity index is 463. The van der Waals surface area contributed by atoms with Crippen LogP contribution in [-0.2, 0) is 14.4 Å². The van der Waals surface area contributed by atoms with Crippen molar-refractivity contribution in [3.63, 3.8) is 0 Å². The van der Waals surface area contributed by atoms with Crippen LogP contribution in [0.5, 0.6) is 0 Å². The molecule has 2 saturated heterocycles. The summed E-state index contributed by atoms with van der Waals surface area (Å²) in [6, 6.07) is 0. The van der Waals surface area contributed by atoms with Crippen LogP contribution < -0.4 is 5.32 Å². The predicted octanol–water partition coefficient (Wildman–Crippen LogP) is 1.49. The first kappa shape index (κ1) is 18.1. The molecule has 23 heavy (non-hydrogen) atoms. The first-order valence-electron chi connectivity index (χ1n) is 8.39. The van der Waals surface area contributed by atoms with Crippen molar-refractivity contribution < 1.29 is 19.5 Å². The number of nitrogens with zero attached hydrogens (tertiary/aromatic N) is 1. The van der Waals surface area contributed by atoms with E-state index < -0.39 is 11.5 Å². The summed E-state index contributed by atoms with van der Waals surface area (Å²) in [5.74, 6) is 0.132. The van der Waals surface area contributed by atoms with Crippen LogP contribution >= 0.6 is 11.8 Å². The third-order valence-corrected chi connectivity index (χ3v) is 5.71. The molecule has 0 radical (unpaired) electrons. The van der Waals surface area contributed by atoms with Gasteiger partial charge < -0.3 is 15.3 Å². The first-order valence-corrected chi connectivity index (χ1v) is 9.55. The van der Waals surface area contributed by atoms with Gasteiger partial charge in [-0.1, -0.05) is 6.92 Å². The lowest BCUT2D eigenvalue weighted by atomic mass is 9.89. The number of thioether (sulfide) groups is 1. The van der Waals surface area contributed by atoms with Gasteiger partial charge in [-0.25, -0.2) is 4.79 Å². The summed E-state index contributed by atoms with van der Waals surface area (Å²) in [7, 11) is 0. The van der Waals surface area contributed by atoms with E-state index in [-0.39, 0.29) is 17.7 Å². The molecule has 1 atom stereocenters. The van der Waals surface area contributed by atoms with Crippen molar-refractivity contribution in [3.8, 4) is 0 Å². The Balaban J connectivity index is 1.98. The molecular weight excluding hydrogens is 316 g/mol. The molecule has 0 aliphatic carbocycles. The second-order valence-corrected chi connectivity index (χ2v) is 7.64. The van der Waals surface area contributed by atoms with Crippen LogP contribution in [0.15, 0.2) is 0 Å². The summed E-state index contributed by atoms with van der Waals surface area (Å²) in [5, 5.41) is 12.4. The highest BCUT2D eigenvalue weighted by molar-refractivity contribution is 7.99. The molecule has 7 heteroatoms. The molecule has 0 aromatic heterocycles. The van der Waals surface area contributed by atoms with Gasteiger partial charge in [0.2, 0.25) is 11.8 Å². The van der Waals surface area contributed by atoms with E-state index in [9.17, 15) is 19.5 Å². The molecule has 1 unspecified atom stereocenters. The molecule has 2 rings (SSSR count). The number of amides is 2. The zero-order valence-electron chi connectivity index (χ0n) is 13.7. The SMILES string of the molecule is CCCC(=O)N1CCCC(C(=O)NC2(C(=O)O)CCSCC2)C1. The maximum absolute atomic E-state index is 12.6. The monoisotopic (exact) mass is 342 g/mol. The molecular formula is C16H26N2O4S. The predicted molar refractivity (Wildman–Crippen MR) is 89.3 cm³/mol. The number of aliphatic carboxylic acids is 1. The second-order valence-electron chi connectivity index (χ2n) is 6.42. The minimum absolute atomic E-state index is 0.0898. The van der Waals surface area contributed by atoms with E-state index in [2.05, 4.69) is 5.32 Å². The number of hydrogen-bond acceptors (Lipinski definition) is 4. The lowest BCUT2D eigenvalue weighted by Gasteiger charge is -2.37. The summed E-state index contributed by atoms with van der Waals surface area (Å²) in [6.07, 6.45) is 3.74. The van der Waals surface area contributed by atoms with Gasteiger partial charge in [0.1, 0.15) is 5.54 Å². The molecule has 130 valence electrons. The van der Waals surface area contributed by atoms with Gasteiger partial charge in [0, 0.05) is 19.5 Å². The van der Waals surface area contributed by atoms with Gasteiger partial charge in [0.25, 0.3) is 0 Å². The maximum Gasteiger partial charge on any atom is 0.329 e. The third kappa shape index (κ3) is 4.40. The smallest absolute Gasteiger partial charge is 0.329 e. The Morgan fingerprint density at radius 3 is 2.61 bits per heavy atom. The molecule has 2 aliphatic heterocycles. The fraction of sp³-hybridized carbons (Fsp3) is 0.812. The van der Waals surface area contributed by atoms with Gasteiger partial charge in [-0.3, -0.25) is 9.59 Å². The number of carboxylic acid groups (broad SMARTS) is 1. The molecule has 0 bridgehead atoms. The molecule has 0 aromatic rings. The lowest BCUT2D eigenvalue weighted by Crippen LogP contribution is -2.59. The van der Waals surface area contributed by atoms with Gasteiger partial charge in [-0.2, -0.15) is 11.8 Å². The quantitative estimate of drug-likeness (QED) is 0.790. The number of carbonyl (C=O) groups excluding carboxylic acids is 2. The van der Waals surface area contributed by atoms with Crippen molar-refractivity contribution >= 4 is 29.5 Å². The zero-order chi connectivity index (χ0) is 16.9. The average Bonchev–Trinajstić information content (AvgIpc) is 2.56. The van der Waals surface area contributed by atoms with Crippen LogP contribution in [0.1, 0.15) is 45.4 Å². The minimum Gasteiger partial charge on any atom is -0.480 e. The number of carboxylic acids is 1. The number of carbonyl (C=O) groups is 3. The van der Waals surface area contributed by atoms with Crippen molar-refractivity contribution in [1.82, 2.24) is 10.2 Å². The van der Waals surface area contributed by atoms with Crippen LogP contribution in [0.25, 0.3) is 0 Å². The Morgan fingerprint density at radius 2 is 2.00 bits per heavy atom. The van der Waals surface area contributed by atoms with E-state index in [0.717, 1.165) is 24.3 Å². The molecule has 2 aliphatic rings. The van der Waals surface area contributed by atoms with Crippen LogP contribution in [0.2, 0.25) is 0 Å². The van der Waals surface area contributed by atoms with Gasteiger partial charge in [0.05, 0.1) is 5.92 Å². The molecule has 2 heterocycles. The van der Waals surface area contributed by atoms with Gasteiger partial charge in [-0.15, -0.1) is 0 Å². The topological polar surface area (TPSA) is 86.7 Å². The van der Waals surface area contributed by atoms with Crippen LogP contribution in [-0.4, -0.2) is 57.9 Å². The van der Waals surface area contributed by atoms with E-state index in [0.29, 0.717) is 38.8 Å². The Hall–Kier alpha value is -1.24. The van der Waals surface area contributed by atoms with E-state index in [1.165, 1.54) is 0 Å². The summed E-state index contributed by atoms with van der Waals surface area (Å²) in [6.45, 7) is 3.07. The van der Waals surface area contributed by atoms with Crippen molar-refractivity contribution in [2.75, 3.05) is 24.6 Å². The molecule has 2 amide bonds.